The topological polar surface area (TPSA) is 65.2 Å². The lowest BCUT2D eigenvalue weighted by Gasteiger charge is -2.42. The summed E-state index contributed by atoms with van der Waals surface area (Å²) in [5.41, 5.74) is -0.169. The van der Waals surface area contributed by atoms with Crippen LogP contribution < -0.4 is 4.74 Å². The molecule has 3 heterocycles. The number of rotatable bonds is 4. The Labute approximate surface area is 147 Å². The number of aromatic nitrogens is 5. The number of pyridine rings is 1. The Morgan fingerprint density at radius 3 is 2.54 bits per heavy atom. The van der Waals surface area contributed by atoms with Crippen molar-refractivity contribution in [2.75, 3.05) is 0 Å². The third kappa shape index (κ3) is 2.67. The summed E-state index contributed by atoms with van der Waals surface area (Å²) >= 11 is 0. The molecule has 0 N–H and O–H groups in total. The first-order chi connectivity index (χ1) is 12.4. The SMILES string of the molecule is CCc1nnc2cnc(-c3ccc(OC4(C(F)(F)F)CCC4)nc3)cn12. The van der Waals surface area contributed by atoms with Crippen molar-refractivity contribution in [3.05, 3.63) is 36.5 Å². The van der Waals surface area contributed by atoms with Gasteiger partial charge in [-0.15, -0.1) is 10.2 Å². The van der Waals surface area contributed by atoms with Crippen LogP contribution in [0.3, 0.4) is 0 Å². The Morgan fingerprint density at radius 1 is 1.15 bits per heavy atom. The second-order valence-electron chi connectivity index (χ2n) is 6.30. The standard InChI is InChI=1S/C17H16F3N5O/c1-2-13-23-24-14-9-21-12(10-25(13)14)11-4-5-15(22-8-11)26-16(6-3-7-16)17(18,19)20/h4-5,8-10H,2-3,6-7H2,1H3. The molecule has 6 nitrogen and oxygen atoms in total. The average molecular weight is 363 g/mol. The molecule has 3 aromatic heterocycles. The van der Waals surface area contributed by atoms with E-state index in [-0.39, 0.29) is 18.7 Å². The number of halogens is 3. The van der Waals surface area contributed by atoms with E-state index >= 15 is 0 Å². The fraction of sp³-hybridized carbons (Fsp3) is 0.412. The minimum atomic E-state index is -4.40. The maximum Gasteiger partial charge on any atom is 0.428 e. The molecule has 0 aliphatic heterocycles. The zero-order chi connectivity index (χ0) is 18.4. The van der Waals surface area contributed by atoms with Gasteiger partial charge < -0.3 is 4.74 Å². The molecule has 4 rings (SSSR count). The number of hydrogen-bond acceptors (Lipinski definition) is 5. The molecule has 0 amide bonds. The van der Waals surface area contributed by atoms with Gasteiger partial charge in [0.25, 0.3) is 0 Å². The Morgan fingerprint density at radius 2 is 1.96 bits per heavy atom. The summed E-state index contributed by atoms with van der Waals surface area (Å²) in [6.07, 6.45) is 1.59. The van der Waals surface area contributed by atoms with E-state index in [2.05, 4.69) is 20.2 Å². The molecule has 3 aromatic rings. The summed E-state index contributed by atoms with van der Waals surface area (Å²) in [7, 11) is 0. The van der Waals surface area contributed by atoms with Crippen molar-refractivity contribution >= 4 is 5.65 Å². The van der Waals surface area contributed by atoms with Crippen LogP contribution in [0.4, 0.5) is 13.2 Å². The largest absolute Gasteiger partial charge is 0.461 e. The highest BCUT2D eigenvalue weighted by molar-refractivity contribution is 5.59. The molecule has 0 atom stereocenters. The molecule has 136 valence electrons. The van der Waals surface area contributed by atoms with Crippen LogP contribution in [0.5, 0.6) is 5.88 Å². The second-order valence-corrected chi connectivity index (χ2v) is 6.30. The van der Waals surface area contributed by atoms with E-state index in [1.807, 2.05) is 11.3 Å². The van der Waals surface area contributed by atoms with Gasteiger partial charge in [0, 0.05) is 30.4 Å². The van der Waals surface area contributed by atoms with Crippen LogP contribution in [0, 0.1) is 0 Å². The molecule has 0 bridgehead atoms. The fourth-order valence-electron chi connectivity index (χ4n) is 2.97. The highest BCUT2D eigenvalue weighted by Crippen LogP contribution is 2.47. The number of aryl methyl sites for hydroxylation is 1. The van der Waals surface area contributed by atoms with Crippen LogP contribution in [-0.2, 0) is 6.42 Å². The van der Waals surface area contributed by atoms with Gasteiger partial charge in [-0.3, -0.25) is 9.38 Å². The highest BCUT2D eigenvalue weighted by Gasteiger charge is 2.61. The Bertz CT molecular complexity index is 932. The molecule has 9 heteroatoms. The van der Waals surface area contributed by atoms with Gasteiger partial charge in [-0.05, 0) is 25.3 Å². The molecule has 0 radical (unpaired) electrons. The van der Waals surface area contributed by atoms with Gasteiger partial charge in [0.05, 0.1) is 11.9 Å². The summed E-state index contributed by atoms with van der Waals surface area (Å²) in [6.45, 7) is 1.97. The van der Waals surface area contributed by atoms with Crippen molar-refractivity contribution in [1.82, 2.24) is 24.6 Å². The predicted octanol–water partition coefficient (Wildman–Crippen LogP) is 3.61. The van der Waals surface area contributed by atoms with Crippen LogP contribution in [-0.4, -0.2) is 36.3 Å². The van der Waals surface area contributed by atoms with Crippen LogP contribution in [0.1, 0.15) is 32.0 Å². The molecule has 1 aliphatic carbocycles. The maximum atomic E-state index is 13.2. The summed E-state index contributed by atoms with van der Waals surface area (Å²) in [4.78, 5) is 8.35. The smallest absolute Gasteiger partial charge is 0.428 e. The normalized spacial score (nSPS) is 16.5. The van der Waals surface area contributed by atoms with Crippen molar-refractivity contribution in [2.45, 2.75) is 44.4 Å². The molecule has 1 aliphatic rings. The van der Waals surface area contributed by atoms with E-state index in [1.54, 1.807) is 18.5 Å². The van der Waals surface area contributed by atoms with E-state index in [9.17, 15) is 13.2 Å². The fourth-order valence-corrected chi connectivity index (χ4v) is 2.97. The first-order valence-electron chi connectivity index (χ1n) is 8.34. The highest BCUT2D eigenvalue weighted by atomic mass is 19.4. The zero-order valence-electron chi connectivity index (χ0n) is 14.0. The van der Waals surface area contributed by atoms with Gasteiger partial charge in [-0.1, -0.05) is 6.92 Å². The van der Waals surface area contributed by atoms with Gasteiger partial charge >= 0.3 is 6.18 Å². The number of ether oxygens (including phenoxy) is 1. The third-order valence-electron chi connectivity index (χ3n) is 4.69. The maximum absolute atomic E-state index is 13.2. The van der Waals surface area contributed by atoms with E-state index in [0.717, 1.165) is 12.2 Å². The zero-order valence-corrected chi connectivity index (χ0v) is 14.0. The molecule has 0 spiro atoms. The lowest BCUT2D eigenvalue weighted by Crippen LogP contribution is -2.55. The van der Waals surface area contributed by atoms with E-state index in [4.69, 9.17) is 4.74 Å². The molecule has 26 heavy (non-hydrogen) atoms. The predicted molar refractivity (Wildman–Crippen MR) is 86.7 cm³/mol. The summed E-state index contributed by atoms with van der Waals surface area (Å²) < 4.78 is 46.6. The van der Waals surface area contributed by atoms with Gasteiger partial charge in [0.15, 0.2) is 5.65 Å². The first-order valence-corrected chi connectivity index (χ1v) is 8.34. The van der Waals surface area contributed by atoms with E-state index in [0.29, 0.717) is 23.3 Å². The number of nitrogens with zero attached hydrogens (tertiary/aromatic N) is 5. The Kier molecular flexibility index (Phi) is 3.82. The monoisotopic (exact) mass is 363 g/mol. The average Bonchev–Trinajstić information content (AvgIpc) is 2.99. The van der Waals surface area contributed by atoms with Gasteiger partial charge in [-0.25, -0.2) is 4.98 Å². The number of hydrogen-bond donors (Lipinski definition) is 0. The Balaban J connectivity index is 1.60. The first kappa shape index (κ1) is 16.7. The van der Waals surface area contributed by atoms with Gasteiger partial charge in [0.2, 0.25) is 11.5 Å². The number of fused-ring (bicyclic) bond motifs is 1. The molecule has 0 aromatic carbocycles. The molecular formula is C17H16F3N5O. The summed E-state index contributed by atoms with van der Waals surface area (Å²) in [5.74, 6) is 0.763. The van der Waals surface area contributed by atoms with E-state index < -0.39 is 11.8 Å². The van der Waals surface area contributed by atoms with Crippen molar-refractivity contribution in [1.29, 1.82) is 0 Å². The molecule has 1 saturated carbocycles. The van der Waals surface area contributed by atoms with Crippen LogP contribution >= 0.6 is 0 Å². The Hall–Kier alpha value is -2.71. The van der Waals surface area contributed by atoms with Crippen LogP contribution in [0.25, 0.3) is 16.9 Å². The minimum Gasteiger partial charge on any atom is -0.461 e. The quantitative estimate of drug-likeness (QED) is 0.708. The molecular weight excluding hydrogens is 347 g/mol. The number of alkyl halides is 3. The van der Waals surface area contributed by atoms with Crippen LogP contribution in [0.15, 0.2) is 30.7 Å². The molecule has 1 fully saturated rings. The van der Waals surface area contributed by atoms with Gasteiger partial charge in [0.1, 0.15) is 5.82 Å². The van der Waals surface area contributed by atoms with Crippen molar-refractivity contribution < 1.29 is 17.9 Å². The minimum absolute atomic E-state index is 0.0361. The van der Waals surface area contributed by atoms with Crippen molar-refractivity contribution in [3.8, 4) is 17.1 Å². The molecule has 0 unspecified atom stereocenters. The van der Waals surface area contributed by atoms with Crippen LogP contribution in [0.2, 0.25) is 0 Å². The summed E-state index contributed by atoms with van der Waals surface area (Å²) in [5, 5.41) is 8.10. The van der Waals surface area contributed by atoms with Gasteiger partial charge in [-0.2, -0.15) is 13.2 Å². The van der Waals surface area contributed by atoms with E-state index in [1.165, 1.54) is 12.3 Å². The van der Waals surface area contributed by atoms with Crippen molar-refractivity contribution in [2.24, 2.45) is 0 Å². The second kappa shape index (κ2) is 5.93. The lowest BCUT2D eigenvalue weighted by molar-refractivity contribution is -0.275. The summed E-state index contributed by atoms with van der Waals surface area (Å²) in [6, 6.07) is 3.09. The van der Waals surface area contributed by atoms with Crippen molar-refractivity contribution in [3.63, 3.8) is 0 Å². The third-order valence-corrected chi connectivity index (χ3v) is 4.69. The lowest BCUT2D eigenvalue weighted by atomic mass is 9.79. The molecule has 0 saturated heterocycles.